The normalized spacial score (nSPS) is 21.0. The molecule has 116 valence electrons. The SMILES string of the molecule is CCCC1CCC1CCOC(=O)c1cc(Cl)cc(Cl)c1Cl. The molecule has 0 spiro atoms. The molecule has 21 heavy (non-hydrogen) atoms. The number of halogens is 3. The van der Waals surface area contributed by atoms with Crippen LogP contribution in [0.5, 0.6) is 0 Å². The second-order valence-electron chi connectivity index (χ2n) is 5.56. The summed E-state index contributed by atoms with van der Waals surface area (Å²) in [4.78, 5) is 12.0. The minimum Gasteiger partial charge on any atom is -0.462 e. The Hall–Kier alpha value is -0.440. The molecule has 0 amide bonds. The summed E-state index contributed by atoms with van der Waals surface area (Å²) in [5, 5.41) is 0.829. The van der Waals surface area contributed by atoms with E-state index in [1.807, 2.05) is 0 Å². The first-order valence-electron chi connectivity index (χ1n) is 7.34. The lowest BCUT2D eigenvalue weighted by molar-refractivity contribution is 0.0414. The Morgan fingerprint density at radius 1 is 1.19 bits per heavy atom. The molecule has 1 fully saturated rings. The molecule has 5 heteroatoms. The predicted octanol–water partition coefficient (Wildman–Crippen LogP) is 6.02. The van der Waals surface area contributed by atoms with Gasteiger partial charge in [-0.05, 0) is 43.2 Å². The summed E-state index contributed by atoms with van der Waals surface area (Å²) in [5.74, 6) is 1.03. The van der Waals surface area contributed by atoms with Crippen molar-refractivity contribution in [3.63, 3.8) is 0 Å². The van der Waals surface area contributed by atoms with Gasteiger partial charge in [-0.25, -0.2) is 4.79 Å². The van der Waals surface area contributed by atoms with Gasteiger partial charge in [0.2, 0.25) is 0 Å². The Morgan fingerprint density at radius 3 is 2.48 bits per heavy atom. The molecular formula is C16H19Cl3O2. The Balaban J connectivity index is 1.85. The van der Waals surface area contributed by atoms with Crippen LogP contribution in [0.25, 0.3) is 0 Å². The molecule has 2 unspecified atom stereocenters. The van der Waals surface area contributed by atoms with Gasteiger partial charge in [-0.2, -0.15) is 0 Å². The van der Waals surface area contributed by atoms with Crippen molar-refractivity contribution < 1.29 is 9.53 Å². The number of carbonyl (C=O) groups excluding carboxylic acids is 1. The van der Waals surface area contributed by atoms with Gasteiger partial charge in [0.1, 0.15) is 0 Å². The molecule has 2 rings (SSSR count). The van der Waals surface area contributed by atoms with Crippen molar-refractivity contribution in [1.82, 2.24) is 0 Å². The van der Waals surface area contributed by atoms with Crippen LogP contribution < -0.4 is 0 Å². The molecular weight excluding hydrogens is 331 g/mol. The van der Waals surface area contributed by atoms with Crippen LogP contribution in [0.1, 0.15) is 49.4 Å². The van der Waals surface area contributed by atoms with Gasteiger partial charge in [0.05, 0.1) is 22.2 Å². The summed E-state index contributed by atoms with van der Waals surface area (Å²) in [6.45, 7) is 2.63. The van der Waals surface area contributed by atoms with E-state index in [0.29, 0.717) is 17.5 Å². The van der Waals surface area contributed by atoms with Gasteiger partial charge in [0, 0.05) is 5.02 Å². The molecule has 0 N–H and O–H groups in total. The van der Waals surface area contributed by atoms with E-state index in [0.717, 1.165) is 12.3 Å². The van der Waals surface area contributed by atoms with Crippen LogP contribution in [-0.2, 0) is 4.74 Å². The average molecular weight is 350 g/mol. The maximum absolute atomic E-state index is 12.0. The van der Waals surface area contributed by atoms with Crippen LogP contribution in [0.3, 0.4) is 0 Å². The van der Waals surface area contributed by atoms with Crippen molar-refractivity contribution in [1.29, 1.82) is 0 Å². The summed E-state index contributed by atoms with van der Waals surface area (Å²) in [6.07, 6.45) is 5.96. The highest BCUT2D eigenvalue weighted by Gasteiger charge is 2.29. The Bertz CT molecular complexity index is 516. The van der Waals surface area contributed by atoms with E-state index in [1.165, 1.54) is 37.8 Å². The number of esters is 1. The maximum Gasteiger partial charge on any atom is 0.339 e. The van der Waals surface area contributed by atoms with Gasteiger partial charge in [-0.3, -0.25) is 0 Å². The number of hydrogen-bond donors (Lipinski definition) is 0. The van der Waals surface area contributed by atoms with Crippen molar-refractivity contribution in [3.8, 4) is 0 Å². The Labute approximate surface area is 140 Å². The lowest BCUT2D eigenvalue weighted by Gasteiger charge is -2.36. The van der Waals surface area contributed by atoms with E-state index >= 15 is 0 Å². The number of ether oxygens (including phenoxy) is 1. The van der Waals surface area contributed by atoms with Crippen molar-refractivity contribution in [3.05, 3.63) is 32.8 Å². The number of benzene rings is 1. The standard InChI is InChI=1S/C16H19Cl3O2/c1-2-3-10-4-5-11(10)6-7-21-16(20)13-8-12(17)9-14(18)15(13)19/h8-11H,2-7H2,1H3. The third-order valence-corrected chi connectivity index (χ3v) is 5.19. The zero-order chi connectivity index (χ0) is 15.4. The number of carbonyl (C=O) groups is 1. The van der Waals surface area contributed by atoms with Crippen molar-refractivity contribution >= 4 is 40.8 Å². The highest BCUT2D eigenvalue weighted by atomic mass is 35.5. The first-order chi connectivity index (χ1) is 10.0. The van der Waals surface area contributed by atoms with Crippen LogP contribution in [0.15, 0.2) is 12.1 Å². The molecule has 0 heterocycles. The molecule has 2 atom stereocenters. The largest absolute Gasteiger partial charge is 0.462 e. The molecule has 1 aliphatic carbocycles. The van der Waals surface area contributed by atoms with Gasteiger partial charge in [0.25, 0.3) is 0 Å². The van der Waals surface area contributed by atoms with Crippen LogP contribution in [0.2, 0.25) is 15.1 Å². The van der Waals surface area contributed by atoms with Crippen LogP contribution in [0.4, 0.5) is 0 Å². The second kappa shape index (κ2) is 7.71. The molecule has 1 aromatic carbocycles. The molecule has 1 aliphatic rings. The molecule has 0 saturated heterocycles. The van der Waals surface area contributed by atoms with Gasteiger partial charge in [-0.15, -0.1) is 0 Å². The number of hydrogen-bond acceptors (Lipinski definition) is 2. The zero-order valence-electron chi connectivity index (χ0n) is 12.0. The van der Waals surface area contributed by atoms with E-state index in [-0.39, 0.29) is 15.6 Å². The van der Waals surface area contributed by atoms with Crippen LogP contribution in [-0.4, -0.2) is 12.6 Å². The van der Waals surface area contributed by atoms with Crippen LogP contribution in [0, 0.1) is 11.8 Å². The monoisotopic (exact) mass is 348 g/mol. The molecule has 1 aromatic rings. The third kappa shape index (κ3) is 4.28. The van der Waals surface area contributed by atoms with Crippen molar-refractivity contribution in [2.45, 2.75) is 39.0 Å². The van der Waals surface area contributed by atoms with Crippen molar-refractivity contribution in [2.75, 3.05) is 6.61 Å². The topological polar surface area (TPSA) is 26.3 Å². The van der Waals surface area contributed by atoms with Gasteiger partial charge >= 0.3 is 5.97 Å². The predicted molar refractivity (Wildman–Crippen MR) is 87.5 cm³/mol. The highest BCUT2D eigenvalue weighted by Crippen LogP contribution is 2.39. The van der Waals surface area contributed by atoms with Crippen LogP contribution >= 0.6 is 34.8 Å². The third-order valence-electron chi connectivity index (χ3n) is 4.17. The Morgan fingerprint density at radius 2 is 1.86 bits per heavy atom. The average Bonchev–Trinajstić information content (AvgIpc) is 2.43. The van der Waals surface area contributed by atoms with E-state index in [4.69, 9.17) is 39.5 Å². The van der Waals surface area contributed by atoms with Gasteiger partial charge < -0.3 is 4.74 Å². The highest BCUT2D eigenvalue weighted by molar-refractivity contribution is 6.45. The van der Waals surface area contributed by atoms with Crippen molar-refractivity contribution in [2.24, 2.45) is 11.8 Å². The minimum absolute atomic E-state index is 0.193. The van der Waals surface area contributed by atoms with E-state index in [1.54, 1.807) is 0 Å². The molecule has 2 nitrogen and oxygen atoms in total. The van der Waals surface area contributed by atoms with E-state index in [2.05, 4.69) is 6.92 Å². The number of rotatable bonds is 6. The molecule has 0 bridgehead atoms. The fourth-order valence-corrected chi connectivity index (χ4v) is 3.53. The molecule has 0 aromatic heterocycles. The summed E-state index contributed by atoms with van der Waals surface area (Å²) < 4.78 is 5.31. The Kier molecular flexibility index (Phi) is 6.21. The summed E-state index contributed by atoms with van der Waals surface area (Å²) >= 11 is 17.8. The second-order valence-corrected chi connectivity index (χ2v) is 6.78. The summed E-state index contributed by atoms with van der Waals surface area (Å²) in [7, 11) is 0. The maximum atomic E-state index is 12.0. The smallest absolute Gasteiger partial charge is 0.339 e. The fourth-order valence-electron chi connectivity index (χ4n) is 2.85. The molecule has 1 saturated carbocycles. The molecule has 0 radical (unpaired) electrons. The van der Waals surface area contributed by atoms with E-state index in [9.17, 15) is 4.79 Å². The lowest BCUT2D eigenvalue weighted by atomic mass is 9.70. The first-order valence-corrected chi connectivity index (χ1v) is 8.48. The lowest BCUT2D eigenvalue weighted by Crippen LogP contribution is -2.27. The quantitative estimate of drug-likeness (QED) is 0.463. The summed E-state index contributed by atoms with van der Waals surface area (Å²) in [6, 6.07) is 2.99. The summed E-state index contributed by atoms with van der Waals surface area (Å²) in [5.41, 5.74) is 0.230. The first kappa shape index (κ1) is 16.9. The van der Waals surface area contributed by atoms with E-state index < -0.39 is 5.97 Å². The minimum atomic E-state index is -0.462. The zero-order valence-corrected chi connectivity index (χ0v) is 14.3. The fraction of sp³-hybridized carbons (Fsp3) is 0.562. The van der Waals surface area contributed by atoms with Gasteiger partial charge in [-0.1, -0.05) is 54.6 Å². The molecule has 0 aliphatic heterocycles. The van der Waals surface area contributed by atoms with Gasteiger partial charge in [0.15, 0.2) is 0 Å².